The Hall–Kier alpha value is -4.39. The molecule has 1 saturated carbocycles. The van der Waals surface area contributed by atoms with Gasteiger partial charge in [0.25, 0.3) is 5.91 Å². The molecule has 0 atom stereocenters. The quantitative estimate of drug-likeness (QED) is 0.280. The molecule has 9 heteroatoms. The molecule has 216 valence electrons. The molecule has 2 aliphatic rings. The largest absolute Gasteiger partial charge is 0.496 e. The third-order valence-electron chi connectivity index (χ3n) is 7.93. The molecule has 1 amide bonds. The van der Waals surface area contributed by atoms with E-state index in [-0.39, 0.29) is 25.2 Å². The van der Waals surface area contributed by atoms with E-state index in [9.17, 15) is 15.2 Å². The van der Waals surface area contributed by atoms with Gasteiger partial charge in [0.15, 0.2) is 5.58 Å². The van der Waals surface area contributed by atoms with Crippen molar-refractivity contribution in [3.8, 4) is 40.0 Å². The number of methoxy groups -OCH3 is 1. The Kier molecular flexibility index (Phi) is 7.83. The standard InChI is InChI=1S/C33H33N3O6/c1-36(11-12-37)33(38)22-5-7-25(29(16-22)39-2)30-17-27-32(42-30)31(26(19-35-27)20-3-4-20)21-6-8-28(23(15-21)18-34)41-24-9-13-40-14-10-24/h5-8,15-17,19-20,24,37H,3-4,9-14H2,1-2H3. The zero-order chi connectivity index (χ0) is 29.2. The summed E-state index contributed by atoms with van der Waals surface area (Å²) in [6, 6.07) is 15.1. The summed E-state index contributed by atoms with van der Waals surface area (Å²) in [6.07, 6.45) is 5.72. The summed E-state index contributed by atoms with van der Waals surface area (Å²) >= 11 is 0. The topological polar surface area (TPSA) is 118 Å². The molecule has 2 aromatic carbocycles. The van der Waals surface area contributed by atoms with Crippen LogP contribution >= 0.6 is 0 Å². The highest BCUT2D eigenvalue weighted by molar-refractivity contribution is 5.97. The number of aliphatic hydroxyl groups is 1. The van der Waals surface area contributed by atoms with E-state index in [0.29, 0.717) is 64.2 Å². The summed E-state index contributed by atoms with van der Waals surface area (Å²) in [5.41, 5.74) is 5.85. The van der Waals surface area contributed by atoms with Crippen molar-refractivity contribution in [1.82, 2.24) is 9.88 Å². The van der Waals surface area contributed by atoms with E-state index >= 15 is 0 Å². The molecule has 0 spiro atoms. The number of hydrogen-bond acceptors (Lipinski definition) is 8. The van der Waals surface area contributed by atoms with Gasteiger partial charge in [-0.15, -0.1) is 0 Å². The number of fused-ring (bicyclic) bond motifs is 1. The fraction of sp³-hybridized carbons (Fsp3) is 0.364. The van der Waals surface area contributed by atoms with Crippen LogP contribution in [0.4, 0.5) is 0 Å². The SMILES string of the molecule is COc1cc(C(=O)N(C)CCO)ccc1-c1cc2ncc(C3CC3)c(-c3ccc(OC4CCOCC4)c(C#N)c3)c2o1. The maximum atomic E-state index is 12.8. The Morgan fingerprint density at radius 2 is 1.93 bits per heavy atom. The number of amides is 1. The second-order valence-electron chi connectivity index (χ2n) is 10.8. The molecule has 42 heavy (non-hydrogen) atoms. The molecule has 2 aromatic heterocycles. The van der Waals surface area contributed by atoms with Gasteiger partial charge in [0.05, 0.1) is 38.1 Å². The molecule has 1 aliphatic heterocycles. The molecule has 3 heterocycles. The van der Waals surface area contributed by atoms with Crippen LogP contribution in [0.2, 0.25) is 0 Å². The number of likely N-dealkylation sites (N-methyl/N-ethyl adjacent to an activating group) is 1. The third kappa shape index (κ3) is 5.43. The van der Waals surface area contributed by atoms with Gasteiger partial charge in [0.1, 0.15) is 34.9 Å². The van der Waals surface area contributed by atoms with Crippen molar-refractivity contribution in [2.75, 3.05) is 40.5 Å². The third-order valence-corrected chi connectivity index (χ3v) is 7.93. The predicted octanol–water partition coefficient (Wildman–Crippen LogP) is 5.54. The maximum absolute atomic E-state index is 12.8. The Bertz CT molecular complexity index is 1660. The number of hydrogen-bond donors (Lipinski definition) is 1. The lowest BCUT2D eigenvalue weighted by atomic mass is 9.96. The summed E-state index contributed by atoms with van der Waals surface area (Å²) in [6.45, 7) is 1.45. The Morgan fingerprint density at radius 3 is 2.64 bits per heavy atom. The van der Waals surface area contributed by atoms with Crippen molar-refractivity contribution in [2.24, 2.45) is 0 Å². The Labute approximate surface area is 244 Å². The molecule has 4 aromatic rings. The molecule has 1 N–H and O–H groups in total. The van der Waals surface area contributed by atoms with E-state index in [1.807, 2.05) is 30.5 Å². The smallest absolute Gasteiger partial charge is 0.253 e. The van der Waals surface area contributed by atoms with Gasteiger partial charge in [-0.05, 0) is 60.2 Å². The van der Waals surface area contributed by atoms with Crippen molar-refractivity contribution < 1.29 is 28.5 Å². The minimum Gasteiger partial charge on any atom is -0.496 e. The number of pyridine rings is 1. The molecule has 2 fully saturated rings. The minimum absolute atomic E-state index is 0.0331. The van der Waals surface area contributed by atoms with Gasteiger partial charge in [-0.2, -0.15) is 5.26 Å². The first kappa shape index (κ1) is 27.8. The Balaban J connectivity index is 1.40. The number of furan rings is 1. The average molecular weight is 568 g/mol. The van der Waals surface area contributed by atoms with E-state index in [1.54, 1.807) is 32.4 Å². The van der Waals surface area contributed by atoms with E-state index < -0.39 is 0 Å². The van der Waals surface area contributed by atoms with Crippen molar-refractivity contribution in [3.05, 3.63) is 65.4 Å². The van der Waals surface area contributed by atoms with Crippen LogP contribution in [-0.4, -0.2) is 67.5 Å². The molecule has 0 unspecified atom stereocenters. The van der Waals surface area contributed by atoms with Crippen molar-refractivity contribution in [1.29, 1.82) is 5.26 Å². The number of carbonyl (C=O) groups excluding carboxylic acids is 1. The number of aromatic nitrogens is 1. The van der Waals surface area contributed by atoms with Gasteiger partial charge >= 0.3 is 0 Å². The van der Waals surface area contributed by atoms with Crippen LogP contribution in [-0.2, 0) is 4.74 Å². The van der Waals surface area contributed by atoms with Gasteiger partial charge < -0.3 is 28.6 Å². The second kappa shape index (κ2) is 11.8. The number of benzene rings is 2. The van der Waals surface area contributed by atoms with E-state index in [0.717, 1.165) is 42.4 Å². The lowest BCUT2D eigenvalue weighted by Gasteiger charge is -2.24. The molecule has 1 aliphatic carbocycles. The van der Waals surface area contributed by atoms with Crippen molar-refractivity contribution in [3.63, 3.8) is 0 Å². The van der Waals surface area contributed by atoms with Crippen LogP contribution in [0, 0.1) is 11.3 Å². The number of nitriles is 1. The molecule has 0 bridgehead atoms. The molecule has 9 nitrogen and oxygen atoms in total. The zero-order valence-corrected chi connectivity index (χ0v) is 23.8. The van der Waals surface area contributed by atoms with Gasteiger partial charge in [-0.25, -0.2) is 0 Å². The van der Waals surface area contributed by atoms with Crippen LogP contribution < -0.4 is 9.47 Å². The Morgan fingerprint density at radius 1 is 1.12 bits per heavy atom. The monoisotopic (exact) mass is 567 g/mol. The van der Waals surface area contributed by atoms with Crippen LogP contribution in [0.5, 0.6) is 11.5 Å². The number of ether oxygens (including phenoxy) is 3. The van der Waals surface area contributed by atoms with Crippen LogP contribution in [0.3, 0.4) is 0 Å². The van der Waals surface area contributed by atoms with Crippen molar-refractivity contribution >= 4 is 17.0 Å². The molecular formula is C33H33N3O6. The van der Waals surface area contributed by atoms with Crippen LogP contribution in [0.15, 0.2) is 53.1 Å². The number of rotatable bonds is 9. The molecule has 6 rings (SSSR count). The van der Waals surface area contributed by atoms with Crippen molar-refractivity contribution in [2.45, 2.75) is 37.7 Å². The van der Waals surface area contributed by atoms with Gasteiger partial charge in [0.2, 0.25) is 0 Å². The first-order valence-corrected chi connectivity index (χ1v) is 14.3. The number of aliphatic hydroxyl groups excluding tert-OH is 1. The minimum atomic E-state index is -0.214. The molecule has 0 radical (unpaired) electrons. The summed E-state index contributed by atoms with van der Waals surface area (Å²) in [4.78, 5) is 19.0. The molecular weight excluding hydrogens is 534 g/mol. The summed E-state index contributed by atoms with van der Waals surface area (Å²) in [7, 11) is 3.19. The summed E-state index contributed by atoms with van der Waals surface area (Å²) < 4.78 is 23.8. The van der Waals surface area contributed by atoms with Crippen LogP contribution in [0.25, 0.3) is 33.6 Å². The highest BCUT2D eigenvalue weighted by Gasteiger charge is 2.30. The number of carbonyl (C=O) groups is 1. The normalized spacial score (nSPS) is 15.4. The second-order valence-corrected chi connectivity index (χ2v) is 10.8. The lowest BCUT2D eigenvalue weighted by Crippen LogP contribution is -2.29. The summed E-state index contributed by atoms with van der Waals surface area (Å²) in [5.74, 6) is 1.81. The van der Waals surface area contributed by atoms with Gasteiger partial charge in [-0.1, -0.05) is 6.07 Å². The van der Waals surface area contributed by atoms with Crippen LogP contribution in [0.1, 0.15) is 53.1 Å². The van der Waals surface area contributed by atoms with Gasteiger partial charge in [0, 0.05) is 49.8 Å². The average Bonchev–Trinajstić information content (AvgIpc) is 3.78. The first-order chi connectivity index (χ1) is 20.5. The first-order valence-electron chi connectivity index (χ1n) is 14.3. The molecule has 1 saturated heterocycles. The van der Waals surface area contributed by atoms with E-state index in [2.05, 4.69) is 6.07 Å². The fourth-order valence-electron chi connectivity index (χ4n) is 5.47. The fourth-order valence-corrected chi connectivity index (χ4v) is 5.47. The van der Waals surface area contributed by atoms with E-state index in [4.69, 9.17) is 23.6 Å². The maximum Gasteiger partial charge on any atom is 0.253 e. The van der Waals surface area contributed by atoms with E-state index in [1.165, 1.54) is 4.90 Å². The highest BCUT2D eigenvalue weighted by Crippen LogP contribution is 2.48. The van der Waals surface area contributed by atoms with Gasteiger partial charge in [-0.3, -0.25) is 9.78 Å². The highest BCUT2D eigenvalue weighted by atomic mass is 16.5. The summed E-state index contributed by atoms with van der Waals surface area (Å²) in [5, 5.41) is 19.2. The zero-order valence-electron chi connectivity index (χ0n) is 23.8. The number of nitrogens with zero attached hydrogens (tertiary/aromatic N) is 3. The predicted molar refractivity (Wildman–Crippen MR) is 157 cm³/mol. The lowest BCUT2D eigenvalue weighted by molar-refractivity contribution is 0.0254.